The van der Waals surface area contributed by atoms with Gasteiger partial charge in [-0.05, 0) is 29.9 Å². The first-order chi connectivity index (χ1) is 9.43. The fraction of sp³-hybridized carbons (Fsp3) is 0.308. The van der Waals surface area contributed by atoms with E-state index >= 15 is 0 Å². The molecule has 1 aromatic carbocycles. The minimum Gasteiger partial charge on any atom is -0.478 e. The molecular formula is C13H13NO5S. The first kappa shape index (κ1) is 14.4. The molecule has 1 fully saturated rings. The van der Waals surface area contributed by atoms with Gasteiger partial charge in [-0.15, -0.1) is 0 Å². The van der Waals surface area contributed by atoms with Crippen LogP contribution in [0.3, 0.4) is 0 Å². The van der Waals surface area contributed by atoms with Crippen molar-refractivity contribution in [1.82, 2.24) is 0 Å². The molecule has 0 spiro atoms. The Balaban J connectivity index is 2.44. The summed E-state index contributed by atoms with van der Waals surface area (Å²) in [5.74, 6) is -2.02. The average Bonchev–Trinajstić information content (AvgIpc) is 2.79. The molecule has 1 aromatic rings. The van der Waals surface area contributed by atoms with Gasteiger partial charge in [-0.2, -0.15) is 12.6 Å². The number of nitrogens with zero attached hydrogens (tertiary/aromatic N) is 1. The molecule has 0 aliphatic carbocycles. The third-order valence-electron chi connectivity index (χ3n) is 3.23. The molecule has 1 unspecified atom stereocenters. The van der Waals surface area contributed by atoms with Gasteiger partial charge in [0.1, 0.15) is 0 Å². The van der Waals surface area contributed by atoms with Crippen LogP contribution in [0.2, 0.25) is 0 Å². The Hall–Kier alpha value is -2.02. The van der Waals surface area contributed by atoms with Crippen LogP contribution in [0.1, 0.15) is 27.1 Å². The van der Waals surface area contributed by atoms with Crippen molar-refractivity contribution in [3.05, 3.63) is 29.3 Å². The average molecular weight is 295 g/mol. The van der Waals surface area contributed by atoms with Gasteiger partial charge in [0.25, 0.3) is 0 Å². The molecule has 1 heterocycles. The lowest BCUT2D eigenvalue weighted by Gasteiger charge is -2.19. The summed E-state index contributed by atoms with van der Waals surface area (Å²) in [5, 5.41) is 18.1. The van der Waals surface area contributed by atoms with Gasteiger partial charge < -0.3 is 15.1 Å². The van der Waals surface area contributed by atoms with Crippen molar-refractivity contribution < 1.29 is 24.6 Å². The van der Waals surface area contributed by atoms with E-state index in [1.54, 1.807) is 0 Å². The van der Waals surface area contributed by atoms with Crippen LogP contribution in [0.4, 0.5) is 5.69 Å². The van der Waals surface area contributed by atoms with E-state index in [2.05, 4.69) is 12.6 Å². The Morgan fingerprint density at radius 2 is 2.00 bits per heavy atom. The highest BCUT2D eigenvalue weighted by molar-refractivity contribution is 7.80. The number of aromatic carboxylic acids is 2. The number of carbonyl (C=O) groups excluding carboxylic acids is 1. The topological polar surface area (TPSA) is 94.9 Å². The SMILES string of the molecule is O=C(O)c1ccc(N2CC(CS)CC2=O)c(C(=O)O)c1. The number of carbonyl (C=O) groups is 3. The Labute approximate surface area is 120 Å². The summed E-state index contributed by atoms with van der Waals surface area (Å²) in [4.78, 5) is 35.5. The second-order valence-electron chi connectivity index (χ2n) is 4.60. The number of benzene rings is 1. The number of hydrogen-bond acceptors (Lipinski definition) is 4. The van der Waals surface area contributed by atoms with Crippen molar-refractivity contribution in [2.24, 2.45) is 5.92 Å². The molecular weight excluding hydrogens is 282 g/mol. The van der Waals surface area contributed by atoms with Crippen LogP contribution in [-0.4, -0.2) is 40.4 Å². The highest BCUT2D eigenvalue weighted by atomic mass is 32.1. The molecule has 20 heavy (non-hydrogen) atoms. The highest BCUT2D eigenvalue weighted by Crippen LogP contribution is 2.29. The predicted octanol–water partition coefficient (Wildman–Crippen LogP) is 1.37. The first-order valence-corrected chi connectivity index (χ1v) is 6.59. The summed E-state index contributed by atoms with van der Waals surface area (Å²) in [6, 6.07) is 3.73. The highest BCUT2D eigenvalue weighted by Gasteiger charge is 2.32. The summed E-state index contributed by atoms with van der Waals surface area (Å²) < 4.78 is 0. The number of rotatable bonds is 4. The Morgan fingerprint density at radius 3 is 2.50 bits per heavy atom. The molecule has 0 bridgehead atoms. The van der Waals surface area contributed by atoms with E-state index in [1.165, 1.54) is 17.0 Å². The fourth-order valence-corrected chi connectivity index (χ4v) is 2.46. The lowest BCUT2D eigenvalue weighted by Crippen LogP contribution is -2.27. The summed E-state index contributed by atoms with van der Waals surface area (Å²) in [7, 11) is 0. The van der Waals surface area contributed by atoms with Crippen LogP contribution >= 0.6 is 12.6 Å². The Morgan fingerprint density at radius 1 is 1.30 bits per heavy atom. The van der Waals surface area contributed by atoms with E-state index in [9.17, 15) is 19.5 Å². The maximum absolute atomic E-state index is 11.9. The minimum atomic E-state index is -1.26. The van der Waals surface area contributed by atoms with Crippen molar-refractivity contribution in [3.8, 4) is 0 Å². The van der Waals surface area contributed by atoms with Gasteiger partial charge in [0, 0.05) is 13.0 Å². The number of hydrogen-bond donors (Lipinski definition) is 3. The van der Waals surface area contributed by atoms with Gasteiger partial charge in [-0.1, -0.05) is 0 Å². The zero-order chi connectivity index (χ0) is 14.9. The van der Waals surface area contributed by atoms with Crippen LogP contribution in [-0.2, 0) is 4.79 Å². The molecule has 2 N–H and O–H groups in total. The van der Waals surface area contributed by atoms with Crippen LogP contribution in [0.25, 0.3) is 0 Å². The van der Waals surface area contributed by atoms with E-state index < -0.39 is 11.9 Å². The summed E-state index contributed by atoms with van der Waals surface area (Å²) >= 11 is 4.15. The molecule has 1 amide bonds. The minimum absolute atomic E-state index is 0.0756. The number of amides is 1. The molecule has 1 aliphatic heterocycles. The summed E-state index contributed by atoms with van der Waals surface area (Å²) in [6.45, 7) is 0.398. The monoisotopic (exact) mass is 295 g/mol. The number of carboxylic acid groups (broad SMARTS) is 2. The molecule has 106 valence electrons. The van der Waals surface area contributed by atoms with Gasteiger partial charge in [0.05, 0.1) is 16.8 Å². The number of anilines is 1. The molecule has 2 rings (SSSR count). The van der Waals surface area contributed by atoms with Gasteiger partial charge in [0.15, 0.2) is 0 Å². The van der Waals surface area contributed by atoms with Crippen molar-refractivity contribution in [1.29, 1.82) is 0 Å². The Kier molecular flexibility index (Phi) is 3.99. The van der Waals surface area contributed by atoms with Crippen LogP contribution in [0, 0.1) is 5.92 Å². The van der Waals surface area contributed by atoms with E-state index in [-0.39, 0.29) is 28.6 Å². The molecule has 0 saturated carbocycles. The summed E-state index contributed by atoms with van der Waals surface area (Å²) in [6.07, 6.45) is 0.323. The zero-order valence-electron chi connectivity index (χ0n) is 10.4. The van der Waals surface area contributed by atoms with E-state index in [0.29, 0.717) is 18.7 Å². The standard InChI is InChI=1S/C13H13NO5S/c15-11-3-7(6-20)5-14(11)10-2-1-8(12(16)17)4-9(10)13(18)19/h1-2,4,7,20H,3,5-6H2,(H,16,17)(H,18,19). The normalized spacial score (nSPS) is 18.4. The van der Waals surface area contributed by atoms with Crippen molar-refractivity contribution >= 4 is 36.2 Å². The first-order valence-electron chi connectivity index (χ1n) is 5.96. The van der Waals surface area contributed by atoms with E-state index in [0.717, 1.165) is 6.07 Å². The Bertz CT molecular complexity index is 586. The third-order valence-corrected chi connectivity index (χ3v) is 3.74. The van der Waals surface area contributed by atoms with Crippen molar-refractivity contribution in [2.75, 3.05) is 17.2 Å². The molecule has 0 aromatic heterocycles. The molecule has 1 saturated heterocycles. The van der Waals surface area contributed by atoms with Crippen LogP contribution in [0.15, 0.2) is 18.2 Å². The van der Waals surface area contributed by atoms with Crippen molar-refractivity contribution in [3.63, 3.8) is 0 Å². The van der Waals surface area contributed by atoms with Crippen LogP contribution in [0.5, 0.6) is 0 Å². The zero-order valence-corrected chi connectivity index (χ0v) is 11.3. The maximum atomic E-state index is 11.9. The van der Waals surface area contributed by atoms with Gasteiger partial charge >= 0.3 is 11.9 Å². The van der Waals surface area contributed by atoms with Gasteiger partial charge in [0.2, 0.25) is 5.91 Å². The third kappa shape index (κ3) is 2.62. The van der Waals surface area contributed by atoms with Crippen LogP contribution < -0.4 is 4.90 Å². The van der Waals surface area contributed by atoms with E-state index in [4.69, 9.17) is 5.11 Å². The lowest BCUT2D eigenvalue weighted by atomic mass is 10.1. The second-order valence-corrected chi connectivity index (χ2v) is 4.96. The quantitative estimate of drug-likeness (QED) is 0.729. The van der Waals surface area contributed by atoms with Gasteiger partial charge in [-0.3, -0.25) is 4.79 Å². The molecule has 1 atom stereocenters. The smallest absolute Gasteiger partial charge is 0.337 e. The molecule has 0 radical (unpaired) electrons. The maximum Gasteiger partial charge on any atom is 0.337 e. The largest absolute Gasteiger partial charge is 0.478 e. The van der Waals surface area contributed by atoms with Gasteiger partial charge in [-0.25, -0.2) is 9.59 Å². The fourth-order valence-electron chi connectivity index (χ4n) is 2.21. The molecule has 6 nitrogen and oxygen atoms in total. The predicted molar refractivity (Wildman–Crippen MR) is 74.7 cm³/mol. The molecule has 7 heteroatoms. The number of thiol groups is 1. The van der Waals surface area contributed by atoms with E-state index in [1.807, 2.05) is 0 Å². The lowest BCUT2D eigenvalue weighted by molar-refractivity contribution is -0.117. The number of carboxylic acids is 2. The summed E-state index contributed by atoms with van der Waals surface area (Å²) in [5.41, 5.74) is -0.0709. The second kappa shape index (κ2) is 5.54. The molecule has 1 aliphatic rings. The van der Waals surface area contributed by atoms with Crippen molar-refractivity contribution in [2.45, 2.75) is 6.42 Å².